The predicted molar refractivity (Wildman–Crippen MR) is 73.7 cm³/mol. The van der Waals surface area contributed by atoms with Crippen LogP contribution in [-0.4, -0.2) is 6.61 Å². The largest absolute Gasteiger partial charge is 0.494 e. The van der Waals surface area contributed by atoms with Crippen molar-refractivity contribution in [1.82, 2.24) is 0 Å². The second-order valence-electron chi connectivity index (χ2n) is 4.85. The van der Waals surface area contributed by atoms with Crippen molar-refractivity contribution >= 4 is 0 Å². The number of benzene rings is 1. The van der Waals surface area contributed by atoms with Crippen molar-refractivity contribution in [3.63, 3.8) is 0 Å². The Morgan fingerprint density at radius 1 is 1.18 bits per heavy atom. The molecule has 2 N–H and O–H groups in total. The lowest BCUT2D eigenvalue weighted by Crippen LogP contribution is -2.13. The van der Waals surface area contributed by atoms with E-state index in [-0.39, 0.29) is 6.04 Å². The molecule has 0 heterocycles. The second-order valence-corrected chi connectivity index (χ2v) is 4.85. The van der Waals surface area contributed by atoms with Gasteiger partial charge < -0.3 is 10.5 Å². The minimum absolute atomic E-state index is 0.127. The zero-order valence-electron chi connectivity index (χ0n) is 11.7. The molecule has 2 heteroatoms. The van der Waals surface area contributed by atoms with Gasteiger partial charge in [-0.25, -0.2) is 0 Å². The third kappa shape index (κ3) is 3.22. The maximum Gasteiger partial charge on any atom is 0.122 e. The van der Waals surface area contributed by atoms with E-state index in [1.807, 2.05) is 6.92 Å². The summed E-state index contributed by atoms with van der Waals surface area (Å²) in [6.07, 6.45) is 0.965. The van der Waals surface area contributed by atoms with Crippen molar-refractivity contribution in [3.05, 3.63) is 28.8 Å². The first kappa shape index (κ1) is 14.0. The summed E-state index contributed by atoms with van der Waals surface area (Å²) in [6, 6.07) is 4.48. The fraction of sp³-hybridized carbons (Fsp3) is 0.600. The summed E-state index contributed by atoms with van der Waals surface area (Å²) in [7, 11) is 0. The summed E-state index contributed by atoms with van der Waals surface area (Å²) in [5, 5.41) is 0. The Hall–Kier alpha value is -1.02. The van der Waals surface area contributed by atoms with Crippen molar-refractivity contribution in [1.29, 1.82) is 0 Å². The van der Waals surface area contributed by atoms with E-state index in [0.717, 1.165) is 12.2 Å². The SMILES string of the molecule is CCOc1cc(C(C)C)c(C(N)CC)cc1C. The van der Waals surface area contributed by atoms with Gasteiger partial charge in [-0.15, -0.1) is 0 Å². The normalized spacial score (nSPS) is 12.9. The lowest BCUT2D eigenvalue weighted by atomic mass is 9.90. The quantitative estimate of drug-likeness (QED) is 0.839. The maximum atomic E-state index is 6.18. The maximum absolute atomic E-state index is 6.18. The molecule has 0 spiro atoms. The Kier molecular flexibility index (Phi) is 5.01. The number of rotatable bonds is 5. The van der Waals surface area contributed by atoms with Gasteiger partial charge in [-0.3, -0.25) is 0 Å². The number of ether oxygens (including phenoxy) is 1. The van der Waals surface area contributed by atoms with E-state index >= 15 is 0 Å². The summed E-state index contributed by atoms with van der Waals surface area (Å²) < 4.78 is 5.66. The van der Waals surface area contributed by atoms with E-state index in [4.69, 9.17) is 10.5 Å². The molecule has 1 unspecified atom stereocenters. The molecular formula is C15H25NO. The molecule has 0 saturated heterocycles. The standard InChI is InChI=1S/C15H25NO/c1-6-14(16)13-8-11(5)15(17-7-2)9-12(13)10(3)4/h8-10,14H,6-7,16H2,1-5H3. The molecule has 96 valence electrons. The van der Waals surface area contributed by atoms with Crippen LogP contribution < -0.4 is 10.5 Å². The van der Waals surface area contributed by atoms with Gasteiger partial charge in [0, 0.05) is 6.04 Å². The van der Waals surface area contributed by atoms with Crippen LogP contribution in [0.3, 0.4) is 0 Å². The molecule has 1 aromatic rings. The Morgan fingerprint density at radius 2 is 1.82 bits per heavy atom. The fourth-order valence-corrected chi connectivity index (χ4v) is 2.08. The number of hydrogen-bond acceptors (Lipinski definition) is 2. The number of hydrogen-bond donors (Lipinski definition) is 1. The third-order valence-electron chi connectivity index (χ3n) is 3.14. The fourth-order valence-electron chi connectivity index (χ4n) is 2.08. The van der Waals surface area contributed by atoms with E-state index in [9.17, 15) is 0 Å². The van der Waals surface area contributed by atoms with Gasteiger partial charge in [-0.05, 0) is 48.9 Å². The summed E-state index contributed by atoms with van der Waals surface area (Å²) in [4.78, 5) is 0. The summed E-state index contributed by atoms with van der Waals surface area (Å²) in [5.41, 5.74) is 9.94. The minimum atomic E-state index is 0.127. The molecule has 0 fully saturated rings. The first-order chi connectivity index (χ1) is 8.01. The lowest BCUT2D eigenvalue weighted by Gasteiger charge is -2.20. The van der Waals surface area contributed by atoms with Crippen LogP contribution in [0.1, 0.15) is 62.8 Å². The van der Waals surface area contributed by atoms with Crippen LogP contribution in [0.5, 0.6) is 5.75 Å². The highest BCUT2D eigenvalue weighted by molar-refractivity contribution is 5.44. The third-order valence-corrected chi connectivity index (χ3v) is 3.14. The first-order valence-corrected chi connectivity index (χ1v) is 6.54. The highest BCUT2D eigenvalue weighted by atomic mass is 16.5. The van der Waals surface area contributed by atoms with Crippen LogP contribution in [0.25, 0.3) is 0 Å². The van der Waals surface area contributed by atoms with Gasteiger partial charge in [-0.2, -0.15) is 0 Å². The molecule has 1 aromatic carbocycles. The monoisotopic (exact) mass is 235 g/mol. The van der Waals surface area contributed by atoms with Crippen LogP contribution in [0.2, 0.25) is 0 Å². The van der Waals surface area contributed by atoms with Gasteiger partial charge in [0.2, 0.25) is 0 Å². The van der Waals surface area contributed by atoms with Crippen LogP contribution in [0, 0.1) is 6.92 Å². The number of aryl methyl sites for hydroxylation is 1. The molecule has 0 saturated carbocycles. The van der Waals surface area contributed by atoms with Crippen LogP contribution in [0.15, 0.2) is 12.1 Å². The van der Waals surface area contributed by atoms with Crippen LogP contribution in [0.4, 0.5) is 0 Å². The van der Waals surface area contributed by atoms with E-state index in [1.165, 1.54) is 16.7 Å². The zero-order chi connectivity index (χ0) is 13.0. The van der Waals surface area contributed by atoms with E-state index < -0.39 is 0 Å². The van der Waals surface area contributed by atoms with Crippen molar-refractivity contribution in [2.75, 3.05) is 6.61 Å². The van der Waals surface area contributed by atoms with Gasteiger partial charge in [-0.1, -0.05) is 26.8 Å². The summed E-state index contributed by atoms with van der Waals surface area (Å²) in [5.74, 6) is 1.46. The van der Waals surface area contributed by atoms with Gasteiger partial charge in [0.05, 0.1) is 6.61 Å². The van der Waals surface area contributed by atoms with Crippen molar-refractivity contribution < 1.29 is 4.74 Å². The molecule has 2 nitrogen and oxygen atoms in total. The highest BCUT2D eigenvalue weighted by Gasteiger charge is 2.15. The zero-order valence-corrected chi connectivity index (χ0v) is 11.7. The van der Waals surface area contributed by atoms with Crippen LogP contribution >= 0.6 is 0 Å². The lowest BCUT2D eigenvalue weighted by molar-refractivity contribution is 0.337. The second kappa shape index (κ2) is 6.06. The Bertz CT molecular complexity index is 371. The minimum Gasteiger partial charge on any atom is -0.494 e. The van der Waals surface area contributed by atoms with E-state index in [0.29, 0.717) is 12.5 Å². The van der Waals surface area contributed by atoms with Crippen LogP contribution in [-0.2, 0) is 0 Å². The van der Waals surface area contributed by atoms with Crippen molar-refractivity contribution in [2.24, 2.45) is 5.73 Å². The Labute approximate surface area is 105 Å². The molecule has 1 rings (SSSR count). The summed E-state index contributed by atoms with van der Waals surface area (Å²) >= 11 is 0. The Balaban J connectivity index is 3.25. The highest BCUT2D eigenvalue weighted by Crippen LogP contribution is 2.32. The van der Waals surface area contributed by atoms with Gasteiger partial charge in [0.1, 0.15) is 5.75 Å². The molecule has 0 aliphatic heterocycles. The molecular weight excluding hydrogens is 210 g/mol. The average molecular weight is 235 g/mol. The molecule has 0 amide bonds. The average Bonchev–Trinajstić information content (AvgIpc) is 2.30. The first-order valence-electron chi connectivity index (χ1n) is 6.54. The molecule has 17 heavy (non-hydrogen) atoms. The molecule has 0 radical (unpaired) electrons. The van der Waals surface area contributed by atoms with E-state index in [2.05, 4.69) is 39.8 Å². The van der Waals surface area contributed by atoms with Gasteiger partial charge in [0.25, 0.3) is 0 Å². The number of nitrogens with two attached hydrogens (primary N) is 1. The topological polar surface area (TPSA) is 35.2 Å². The molecule has 1 atom stereocenters. The van der Waals surface area contributed by atoms with Gasteiger partial charge in [0.15, 0.2) is 0 Å². The summed E-state index contributed by atoms with van der Waals surface area (Å²) in [6.45, 7) is 11.3. The molecule has 0 aromatic heterocycles. The van der Waals surface area contributed by atoms with Crippen molar-refractivity contribution in [2.45, 2.75) is 53.0 Å². The smallest absolute Gasteiger partial charge is 0.122 e. The molecule has 0 bridgehead atoms. The Morgan fingerprint density at radius 3 is 2.29 bits per heavy atom. The molecule has 0 aliphatic rings. The predicted octanol–water partition coefficient (Wildman–Crippen LogP) is 3.93. The van der Waals surface area contributed by atoms with Crippen molar-refractivity contribution in [3.8, 4) is 5.75 Å². The van der Waals surface area contributed by atoms with Gasteiger partial charge >= 0.3 is 0 Å². The van der Waals surface area contributed by atoms with E-state index in [1.54, 1.807) is 0 Å². The molecule has 0 aliphatic carbocycles.